The lowest BCUT2D eigenvalue weighted by molar-refractivity contribution is -0.122. The molecule has 0 saturated carbocycles. The molecule has 1 aliphatic heterocycles. The van der Waals surface area contributed by atoms with Crippen LogP contribution in [0, 0.1) is 6.92 Å². The molecule has 1 aromatic rings. The quantitative estimate of drug-likeness (QED) is 0.725. The zero-order chi connectivity index (χ0) is 15.1. The van der Waals surface area contributed by atoms with E-state index in [2.05, 4.69) is 31.2 Å². The molecule has 116 valence electrons. The van der Waals surface area contributed by atoms with E-state index in [1.165, 1.54) is 0 Å². The van der Waals surface area contributed by atoms with Crippen molar-refractivity contribution in [2.75, 3.05) is 45.8 Å². The van der Waals surface area contributed by atoms with Gasteiger partial charge in [-0.15, -0.1) is 6.58 Å². The molecule has 0 bridgehead atoms. The number of carbonyl (C=O) groups excluding carboxylic acids is 1. The molecule has 1 amide bonds. The van der Waals surface area contributed by atoms with Crippen LogP contribution in [-0.2, 0) is 11.3 Å². The highest BCUT2D eigenvalue weighted by Crippen LogP contribution is 2.03. The summed E-state index contributed by atoms with van der Waals surface area (Å²) in [5, 5.41) is 2.82. The molecule has 1 aliphatic rings. The van der Waals surface area contributed by atoms with Crippen molar-refractivity contribution in [3.8, 4) is 0 Å². The van der Waals surface area contributed by atoms with Gasteiger partial charge >= 0.3 is 0 Å². The molecule has 1 fully saturated rings. The number of aromatic nitrogens is 2. The van der Waals surface area contributed by atoms with Gasteiger partial charge in [0.25, 0.3) is 0 Å². The molecule has 21 heavy (non-hydrogen) atoms. The van der Waals surface area contributed by atoms with Gasteiger partial charge in [0.05, 0.1) is 6.54 Å². The number of hydrogen-bond acceptors (Lipinski definition) is 4. The molecule has 1 N–H and O–H groups in total. The minimum atomic E-state index is 0.0809. The van der Waals surface area contributed by atoms with E-state index >= 15 is 0 Å². The van der Waals surface area contributed by atoms with Crippen LogP contribution < -0.4 is 5.32 Å². The predicted molar refractivity (Wildman–Crippen MR) is 83.1 cm³/mol. The molecule has 0 atom stereocenters. The fourth-order valence-electron chi connectivity index (χ4n) is 2.51. The minimum Gasteiger partial charge on any atom is -0.352 e. The Kier molecular flexibility index (Phi) is 5.95. The fraction of sp³-hybridized carbons (Fsp3) is 0.600. The van der Waals surface area contributed by atoms with Crippen LogP contribution >= 0.6 is 0 Å². The van der Waals surface area contributed by atoms with Gasteiger partial charge in [-0.05, 0) is 6.92 Å². The number of nitrogens with zero attached hydrogens (tertiary/aromatic N) is 4. The highest BCUT2D eigenvalue weighted by molar-refractivity contribution is 5.78. The lowest BCUT2D eigenvalue weighted by Crippen LogP contribution is -2.50. The van der Waals surface area contributed by atoms with Crippen molar-refractivity contribution in [2.24, 2.45) is 0 Å². The van der Waals surface area contributed by atoms with Crippen LogP contribution in [0.1, 0.15) is 5.82 Å². The average Bonchev–Trinajstić information content (AvgIpc) is 2.90. The van der Waals surface area contributed by atoms with Crippen LogP contribution in [0.25, 0.3) is 0 Å². The summed E-state index contributed by atoms with van der Waals surface area (Å²) in [5.41, 5.74) is 0. The summed E-state index contributed by atoms with van der Waals surface area (Å²) in [6.07, 6.45) is 5.57. The van der Waals surface area contributed by atoms with E-state index < -0.39 is 0 Å². The van der Waals surface area contributed by atoms with Gasteiger partial charge in [0, 0.05) is 58.2 Å². The Morgan fingerprint density at radius 2 is 2.05 bits per heavy atom. The molecule has 1 saturated heterocycles. The maximum atomic E-state index is 11.6. The van der Waals surface area contributed by atoms with Crippen molar-refractivity contribution in [2.45, 2.75) is 13.5 Å². The van der Waals surface area contributed by atoms with E-state index in [4.69, 9.17) is 0 Å². The Balaban J connectivity index is 1.65. The van der Waals surface area contributed by atoms with Crippen LogP contribution in [0.15, 0.2) is 25.0 Å². The first-order chi connectivity index (χ1) is 10.2. The third kappa shape index (κ3) is 4.99. The molecule has 0 radical (unpaired) electrons. The lowest BCUT2D eigenvalue weighted by Gasteiger charge is -2.34. The number of aryl methyl sites for hydroxylation is 1. The summed E-state index contributed by atoms with van der Waals surface area (Å²) in [6, 6.07) is 0. The standard InChI is InChI=1S/C15H25N5O/c1-3-4-17-15(21)13-19-9-7-18(8-10-19)11-12-20-6-5-16-14(20)2/h3,5-6H,1,4,7-13H2,2H3,(H,17,21). The first kappa shape index (κ1) is 15.7. The molecule has 2 heterocycles. The van der Waals surface area contributed by atoms with Crippen LogP contribution in [0.3, 0.4) is 0 Å². The number of carbonyl (C=O) groups is 1. The number of rotatable bonds is 7. The molecule has 0 unspecified atom stereocenters. The molecular formula is C15H25N5O. The first-order valence-corrected chi connectivity index (χ1v) is 7.49. The third-order valence-corrected chi connectivity index (χ3v) is 3.86. The van der Waals surface area contributed by atoms with Crippen molar-refractivity contribution in [1.82, 2.24) is 24.7 Å². The molecule has 0 spiro atoms. The Hall–Kier alpha value is -1.66. The number of amides is 1. The monoisotopic (exact) mass is 291 g/mol. The van der Waals surface area contributed by atoms with Crippen LogP contribution in [0.4, 0.5) is 0 Å². The van der Waals surface area contributed by atoms with Gasteiger partial charge in [0.1, 0.15) is 5.82 Å². The van der Waals surface area contributed by atoms with E-state index in [1.54, 1.807) is 6.08 Å². The Bertz CT molecular complexity index is 462. The van der Waals surface area contributed by atoms with Gasteiger partial charge in [0.2, 0.25) is 5.91 Å². The molecule has 0 aliphatic carbocycles. The summed E-state index contributed by atoms with van der Waals surface area (Å²) in [7, 11) is 0. The molecule has 0 aromatic carbocycles. The summed E-state index contributed by atoms with van der Waals surface area (Å²) in [5.74, 6) is 1.14. The smallest absolute Gasteiger partial charge is 0.234 e. The number of imidazole rings is 1. The topological polar surface area (TPSA) is 53.4 Å². The highest BCUT2D eigenvalue weighted by Gasteiger charge is 2.18. The SMILES string of the molecule is C=CCNC(=O)CN1CCN(CCn2ccnc2C)CC1. The molecular weight excluding hydrogens is 266 g/mol. The summed E-state index contributed by atoms with van der Waals surface area (Å²) in [4.78, 5) is 20.5. The molecule has 2 rings (SSSR count). The van der Waals surface area contributed by atoms with E-state index in [0.717, 1.165) is 45.1 Å². The summed E-state index contributed by atoms with van der Waals surface area (Å²) >= 11 is 0. The van der Waals surface area contributed by atoms with Crippen molar-refractivity contribution < 1.29 is 4.79 Å². The average molecular weight is 291 g/mol. The second-order valence-corrected chi connectivity index (χ2v) is 5.38. The second-order valence-electron chi connectivity index (χ2n) is 5.38. The van der Waals surface area contributed by atoms with Gasteiger partial charge in [0.15, 0.2) is 0 Å². The zero-order valence-electron chi connectivity index (χ0n) is 12.8. The second kappa shape index (κ2) is 7.95. The van der Waals surface area contributed by atoms with Crippen LogP contribution in [0.2, 0.25) is 0 Å². The fourth-order valence-corrected chi connectivity index (χ4v) is 2.51. The first-order valence-electron chi connectivity index (χ1n) is 7.49. The van der Waals surface area contributed by atoms with Crippen LogP contribution in [-0.4, -0.2) is 71.1 Å². The Labute approximate surface area is 126 Å². The highest BCUT2D eigenvalue weighted by atomic mass is 16.2. The molecule has 1 aromatic heterocycles. The van der Waals surface area contributed by atoms with Gasteiger partial charge in [-0.2, -0.15) is 0 Å². The Morgan fingerprint density at radius 3 is 2.67 bits per heavy atom. The van der Waals surface area contributed by atoms with Crippen molar-refractivity contribution in [3.63, 3.8) is 0 Å². The van der Waals surface area contributed by atoms with Crippen molar-refractivity contribution in [3.05, 3.63) is 30.9 Å². The Morgan fingerprint density at radius 1 is 1.33 bits per heavy atom. The lowest BCUT2D eigenvalue weighted by atomic mass is 10.3. The van der Waals surface area contributed by atoms with E-state index in [0.29, 0.717) is 13.1 Å². The maximum Gasteiger partial charge on any atom is 0.234 e. The number of piperazine rings is 1. The number of nitrogens with one attached hydrogen (secondary N) is 1. The predicted octanol–water partition coefficient (Wildman–Crippen LogP) is 0.111. The summed E-state index contributed by atoms with van der Waals surface area (Å²) < 4.78 is 2.18. The number of hydrogen-bond donors (Lipinski definition) is 1. The van der Waals surface area contributed by atoms with Gasteiger partial charge < -0.3 is 9.88 Å². The molecule has 6 nitrogen and oxygen atoms in total. The van der Waals surface area contributed by atoms with E-state index in [1.807, 2.05) is 19.3 Å². The summed E-state index contributed by atoms with van der Waals surface area (Å²) in [6.45, 7) is 12.6. The van der Waals surface area contributed by atoms with Gasteiger partial charge in [-0.1, -0.05) is 6.08 Å². The molecule has 6 heteroatoms. The van der Waals surface area contributed by atoms with Crippen molar-refractivity contribution >= 4 is 5.91 Å². The maximum absolute atomic E-state index is 11.6. The van der Waals surface area contributed by atoms with Crippen molar-refractivity contribution in [1.29, 1.82) is 0 Å². The minimum absolute atomic E-state index is 0.0809. The normalized spacial score (nSPS) is 16.8. The van der Waals surface area contributed by atoms with Crippen LogP contribution in [0.5, 0.6) is 0 Å². The van der Waals surface area contributed by atoms with E-state index in [-0.39, 0.29) is 5.91 Å². The van der Waals surface area contributed by atoms with Gasteiger partial charge in [-0.3, -0.25) is 14.6 Å². The zero-order valence-corrected chi connectivity index (χ0v) is 12.8. The largest absolute Gasteiger partial charge is 0.352 e. The third-order valence-electron chi connectivity index (χ3n) is 3.86. The van der Waals surface area contributed by atoms with E-state index in [9.17, 15) is 4.79 Å². The van der Waals surface area contributed by atoms with Gasteiger partial charge in [-0.25, -0.2) is 4.98 Å².